The third-order valence-electron chi connectivity index (χ3n) is 8.19. The minimum Gasteiger partial charge on any atom is -0.488 e. The molecule has 0 spiro atoms. The van der Waals surface area contributed by atoms with Crippen LogP contribution in [0.3, 0.4) is 0 Å². The molecule has 2 aromatic heterocycles. The predicted octanol–water partition coefficient (Wildman–Crippen LogP) is 6.35. The predicted molar refractivity (Wildman–Crippen MR) is 149 cm³/mol. The maximum absolute atomic E-state index is 14.6. The highest BCUT2D eigenvalue weighted by Gasteiger charge is 2.48. The van der Waals surface area contributed by atoms with Gasteiger partial charge in [-0.3, -0.25) is 24.0 Å². The maximum Gasteiger partial charge on any atom is 0.433 e. The molecule has 1 aliphatic heterocycles. The van der Waals surface area contributed by atoms with Crippen molar-refractivity contribution in [3.63, 3.8) is 0 Å². The van der Waals surface area contributed by atoms with Gasteiger partial charge in [-0.05, 0) is 44.7 Å². The molecule has 1 aromatic carbocycles. The van der Waals surface area contributed by atoms with Gasteiger partial charge in [0.25, 0.3) is 5.91 Å². The van der Waals surface area contributed by atoms with Crippen molar-refractivity contribution in [3.8, 4) is 5.75 Å². The molecule has 5 rings (SSSR count). The molecule has 2 fully saturated rings. The van der Waals surface area contributed by atoms with Crippen LogP contribution in [0.1, 0.15) is 71.5 Å². The molecule has 0 unspecified atom stereocenters. The molecular weight excluding hydrogens is 612 g/mol. The van der Waals surface area contributed by atoms with E-state index >= 15 is 0 Å². The molecule has 0 radical (unpaired) electrons. The first-order valence-corrected chi connectivity index (χ1v) is 14.3. The van der Waals surface area contributed by atoms with E-state index in [0.717, 1.165) is 15.8 Å². The maximum atomic E-state index is 14.6. The van der Waals surface area contributed by atoms with Gasteiger partial charge in [-0.1, -0.05) is 41.4 Å². The number of carbonyl (C=O) groups is 3. The third-order valence-corrected chi connectivity index (χ3v) is 8.76. The summed E-state index contributed by atoms with van der Waals surface area (Å²) >= 11 is 12.5. The molecule has 1 amide bonds. The Kier molecular flexibility index (Phi) is 8.45. The van der Waals surface area contributed by atoms with Gasteiger partial charge in [-0.25, -0.2) is 0 Å². The van der Waals surface area contributed by atoms with Crippen molar-refractivity contribution in [2.45, 2.75) is 63.4 Å². The van der Waals surface area contributed by atoms with Crippen LogP contribution in [0, 0.1) is 5.41 Å². The van der Waals surface area contributed by atoms with Crippen LogP contribution in [-0.2, 0) is 11.0 Å². The van der Waals surface area contributed by atoms with E-state index in [9.17, 15) is 32.7 Å². The summed E-state index contributed by atoms with van der Waals surface area (Å²) in [4.78, 5) is 44.2. The number of nitrogens with zero attached hydrogens (tertiary/aromatic N) is 4. The largest absolute Gasteiger partial charge is 0.488 e. The first-order chi connectivity index (χ1) is 20.3. The molecule has 3 aromatic rings. The summed E-state index contributed by atoms with van der Waals surface area (Å²) in [6.07, 6.45) is -1.85. The number of amides is 1. The standard InChI is InChI=1S/C29H27Cl2F3N4O5/c1-28(27(41)42)9-7-16(8-10-28)38-25(29(32,33)34)19(12-36-38)26(40)37-15-18(43-17-5-3-2-4-6-17)11-22(37)24(39)23-20(30)13-35-14-21(23)31/h2-6,12-14,16,18,22H,7-11,15H2,1H3,(H,41,42)/t16-,18-,22+,28-/m0/s1. The topological polar surface area (TPSA) is 115 Å². The molecule has 228 valence electrons. The molecule has 2 atom stereocenters. The summed E-state index contributed by atoms with van der Waals surface area (Å²) in [7, 11) is 0. The fourth-order valence-corrected chi connectivity index (χ4v) is 6.34. The zero-order valence-electron chi connectivity index (χ0n) is 22.9. The summed E-state index contributed by atoms with van der Waals surface area (Å²) in [6.45, 7) is 1.38. The molecule has 1 saturated carbocycles. The summed E-state index contributed by atoms with van der Waals surface area (Å²) in [6, 6.07) is 6.62. The molecular formula is C29H27Cl2F3N4O5. The van der Waals surface area contributed by atoms with Crippen molar-refractivity contribution in [3.05, 3.63) is 75.8 Å². The van der Waals surface area contributed by atoms with Crippen molar-refractivity contribution in [2.24, 2.45) is 5.41 Å². The number of rotatable bonds is 7. The van der Waals surface area contributed by atoms with Gasteiger partial charge < -0.3 is 14.7 Å². The number of likely N-dealkylation sites (tertiary alicyclic amines) is 1. The van der Waals surface area contributed by atoms with Crippen LogP contribution < -0.4 is 4.74 Å². The summed E-state index contributed by atoms with van der Waals surface area (Å²) in [5.74, 6) is -2.26. The number of hydrogen-bond acceptors (Lipinski definition) is 6. The Morgan fingerprint density at radius 3 is 2.26 bits per heavy atom. The molecule has 3 heterocycles. The smallest absolute Gasteiger partial charge is 0.433 e. The number of aliphatic carboxylic acids is 1. The molecule has 2 aliphatic rings. The number of aromatic nitrogens is 3. The van der Waals surface area contributed by atoms with E-state index in [1.165, 1.54) is 12.4 Å². The van der Waals surface area contributed by atoms with Crippen molar-refractivity contribution >= 4 is 40.9 Å². The fraction of sp³-hybridized carbons (Fsp3) is 0.414. The molecule has 1 saturated heterocycles. The Labute approximate surface area is 254 Å². The second kappa shape index (κ2) is 11.8. The first-order valence-electron chi connectivity index (χ1n) is 13.5. The molecule has 9 nitrogen and oxygen atoms in total. The van der Waals surface area contributed by atoms with Crippen LogP contribution >= 0.6 is 23.2 Å². The Balaban J connectivity index is 1.49. The highest BCUT2D eigenvalue weighted by atomic mass is 35.5. The van der Waals surface area contributed by atoms with Crippen LogP contribution in [0.5, 0.6) is 5.75 Å². The van der Waals surface area contributed by atoms with Crippen LogP contribution in [-0.4, -0.2) is 61.1 Å². The number of carboxylic acid groups (broad SMARTS) is 1. The minimum atomic E-state index is -4.97. The number of alkyl halides is 3. The number of pyridine rings is 1. The zero-order chi connectivity index (χ0) is 31.1. The number of carbonyl (C=O) groups excluding carboxylic acids is 2. The van der Waals surface area contributed by atoms with Gasteiger partial charge in [-0.2, -0.15) is 18.3 Å². The normalized spacial score (nSPS) is 24.1. The van der Waals surface area contributed by atoms with E-state index in [2.05, 4.69) is 10.1 Å². The lowest BCUT2D eigenvalue weighted by atomic mass is 9.74. The average molecular weight is 639 g/mol. The molecule has 14 heteroatoms. The van der Waals surface area contributed by atoms with Crippen LogP contribution in [0.4, 0.5) is 13.2 Å². The van der Waals surface area contributed by atoms with Gasteiger partial charge in [0, 0.05) is 18.8 Å². The minimum absolute atomic E-state index is 0.0274. The van der Waals surface area contributed by atoms with E-state index in [1.807, 2.05) is 0 Å². The van der Waals surface area contributed by atoms with Crippen molar-refractivity contribution < 1.29 is 37.4 Å². The van der Waals surface area contributed by atoms with Gasteiger partial charge in [0.2, 0.25) is 0 Å². The number of Topliss-reactive ketones (excluding diaryl/α,β-unsaturated/α-hetero) is 1. The average Bonchev–Trinajstić information content (AvgIpc) is 3.59. The molecule has 43 heavy (non-hydrogen) atoms. The number of carboxylic acids is 1. The summed E-state index contributed by atoms with van der Waals surface area (Å²) in [5, 5.41) is 13.4. The van der Waals surface area contributed by atoms with Crippen LogP contribution in [0.25, 0.3) is 0 Å². The lowest BCUT2D eigenvalue weighted by Crippen LogP contribution is -2.42. The van der Waals surface area contributed by atoms with E-state index in [-0.39, 0.29) is 54.3 Å². The van der Waals surface area contributed by atoms with E-state index in [4.69, 9.17) is 27.9 Å². The number of para-hydroxylation sites is 1. The monoisotopic (exact) mass is 638 g/mol. The Bertz CT molecular complexity index is 1520. The number of benzene rings is 1. The van der Waals surface area contributed by atoms with Crippen molar-refractivity contribution in [1.29, 1.82) is 0 Å². The van der Waals surface area contributed by atoms with E-state index < -0.39 is 58.7 Å². The van der Waals surface area contributed by atoms with Gasteiger partial charge in [0.15, 0.2) is 11.5 Å². The molecule has 1 N–H and O–H groups in total. The first kappa shape index (κ1) is 30.8. The zero-order valence-corrected chi connectivity index (χ0v) is 24.4. The lowest BCUT2D eigenvalue weighted by Gasteiger charge is -2.34. The van der Waals surface area contributed by atoms with Crippen LogP contribution in [0.2, 0.25) is 10.0 Å². The number of halogens is 5. The fourth-order valence-electron chi connectivity index (χ4n) is 5.79. The highest BCUT2D eigenvalue weighted by molar-refractivity contribution is 6.40. The second-order valence-electron chi connectivity index (χ2n) is 11.1. The highest BCUT2D eigenvalue weighted by Crippen LogP contribution is 2.44. The SMILES string of the molecule is C[C@]1(C(=O)O)CC[C@H](n2ncc(C(=O)N3C[C@@H](Oc4ccccc4)C[C@@H]3C(=O)c3c(Cl)cncc3Cl)c2C(F)(F)F)CC1. The molecule has 1 aliphatic carbocycles. The Hall–Kier alpha value is -3.64. The lowest BCUT2D eigenvalue weighted by molar-refractivity contribution is -0.152. The third kappa shape index (κ3) is 6.08. The number of hydrogen-bond donors (Lipinski definition) is 1. The quantitative estimate of drug-likeness (QED) is 0.300. The summed E-state index contributed by atoms with van der Waals surface area (Å²) in [5.41, 5.74) is -3.12. The van der Waals surface area contributed by atoms with Gasteiger partial charge in [-0.15, -0.1) is 0 Å². The van der Waals surface area contributed by atoms with Crippen molar-refractivity contribution in [1.82, 2.24) is 19.7 Å². The Morgan fingerprint density at radius 1 is 1.05 bits per heavy atom. The van der Waals surface area contributed by atoms with Gasteiger partial charge >= 0.3 is 12.1 Å². The van der Waals surface area contributed by atoms with Gasteiger partial charge in [0.1, 0.15) is 11.9 Å². The van der Waals surface area contributed by atoms with E-state index in [1.54, 1.807) is 37.3 Å². The van der Waals surface area contributed by atoms with Gasteiger partial charge in [0.05, 0.1) is 51.4 Å². The number of ketones is 1. The van der Waals surface area contributed by atoms with Crippen molar-refractivity contribution in [2.75, 3.05) is 6.54 Å². The second-order valence-corrected chi connectivity index (χ2v) is 11.9. The Morgan fingerprint density at radius 2 is 1.67 bits per heavy atom. The summed E-state index contributed by atoms with van der Waals surface area (Å²) < 4.78 is 50.4. The van der Waals surface area contributed by atoms with E-state index in [0.29, 0.717) is 5.75 Å². The van der Waals surface area contributed by atoms with Crippen LogP contribution in [0.15, 0.2) is 48.9 Å². The molecule has 0 bridgehead atoms. The number of ether oxygens (including phenoxy) is 1.